The summed E-state index contributed by atoms with van der Waals surface area (Å²) in [7, 11) is 0. The highest BCUT2D eigenvalue weighted by Gasteiger charge is 1.88. The van der Waals surface area contributed by atoms with E-state index in [1.807, 2.05) is 0 Å². The molecule has 1 N–H and O–H groups in total. The Morgan fingerprint density at radius 1 is 1.22 bits per heavy atom. The van der Waals surface area contributed by atoms with Gasteiger partial charge in [-0.15, -0.1) is 0 Å². The number of benzene rings is 1. The highest BCUT2D eigenvalue weighted by atomic mass is 16.3. The lowest BCUT2D eigenvalue weighted by atomic mass is 10.2. The summed E-state index contributed by atoms with van der Waals surface area (Å²) in [6.45, 7) is 0. The van der Waals surface area contributed by atoms with E-state index in [1.165, 1.54) is 24.3 Å². The SMILES string of the molecule is O=[C]c1ccc(O)cc1. The van der Waals surface area contributed by atoms with Crippen LogP contribution in [0, 0.1) is 0 Å². The van der Waals surface area contributed by atoms with Gasteiger partial charge in [0.2, 0.25) is 6.29 Å². The second kappa shape index (κ2) is 2.31. The molecule has 0 aromatic heterocycles. The van der Waals surface area contributed by atoms with Crippen molar-refractivity contribution in [3.63, 3.8) is 0 Å². The third-order valence-electron chi connectivity index (χ3n) is 0.985. The second-order valence-electron chi connectivity index (χ2n) is 1.65. The molecule has 0 fully saturated rings. The molecule has 0 aliphatic heterocycles. The van der Waals surface area contributed by atoms with Gasteiger partial charge < -0.3 is 5.11 Å². The number of phenols is 1. The van der Waals surface area contributed by atoms with Crippen molar-refractivity contribution in [2.24, 2.45) is 0 Å². The molecule has 1 rings (SSSR count). The number of hydrogen-bond donors (Lipinski definition) is 1. The van der Waals surface area contributed by atoms with Crippen molar-refractivity contribution >= 4 is 6.29 Å². The fourth-order valence-electron chi connectivity index (χ4n) is 0.529. The highest BCUT2D eigenvalue weighted by Crippen LogP contribution is 2.06. The van der Waals surface area contributed by atoms with E-state index in [0.717, 1.165) is 0 Å². The van der Waals surface area contributed by atoms with Crippen LogP contribution in [0.5, 0.6) is 5.75 Å². The third-order valence-corrected chi connectivity index (χ3v) is 0.985. The predicted molar refractivity (Wildman–Crippen MR) is 32.9 cm³/mol. The van der Waals surface area contributed by atoms with Crippen molar-refractivity contribution < 1.29 is 9.90 Å². The molecule has 0 unspecified atom stereocenters. The smallest absolute Gasteiger partial charge is 0.233 e. The molecule has 1 radical (unpaired) electrons. The van der Waals surface area contributed by atoms with Crippen LogP contribution in [0.15, 0.2) is 24.3 Å². The van der Waals surface area contributed by atoms with Gasteiger partial charge >= 0.3 is 0 Å². The molecule has 0 aliphatic carbocycles. The Morgan fingerprint density at radius 3 is 2.22 bits per heavy atom. The molecule has 0 saturated carbocycles. The Bertz CT molecular complexity index is 201. The van der Waals surface area contributed by atoms with Crippen LogP contribution in [0.4, 0.5) is 0 Å². The molecule has 0 bridgehead atoms. The van der Waals surface area contributed by atoms with E-state index in [9.17, 15) is 4.79 Å². The molecule has 0 atom stereocenters. The van der Waals surface area contributed by atoms with Gasteiger partial charge in [-0.3, -0.25) is 4.79 Å². The first-order valence-electron chi connectivity index (χ1n) is 2.50. The molecular formula is C7H5O2. The normalized spacial score (nSPS) is 8.89. The van der Waals surface area contributed by atoms with E-state index in [-0.39, 0.29) is 5.75 Å². The first-order valence-corrected chi connectivity index (χ1v) is 2.50. The molecule has 0 amide bonds. The standard InChI is InChI=1S/C7H5O2/c8-5-6-1-3-7(9)4-2-6/h1-4,9H. The average Bonchev–Trinajstić information content (AvgIpc) is 1.90. The van der Waals surface area contributed by atoms with Crippen molar-refractivity contribution in [1.29, 1.82) is 0 Å². The predicted octanol–water partition coefficient (Wildman–Crippen LogP) is 0.850. The number of hydrogen-bond acceptors (Lipinski definition) is 2. The van der Waals surface area contributed by atoms with Crippen LogP contribution in [0.2, 0.25) is 0 Å². The van der Waals surface area contributed by atoms with Crippen molar-refractivity contribution in [3.05, 3.63) is 29.8 Å². The lowest BCUT2D eigenvalue weighted by Crippen LogP contribution is -1.75. The Balaban J connectivity index is 3.01. The van der Waals surface area contributed by atoms with E-state index in [4.69, 9.17) is 5.11 Å². The van der Waals surface area contributed by atoms with Crippen molar-refractivity contribution in [1.82, 2.24) is 0 Å². The summed E-state index contributed by atoms with van der Waals surface area (Å²) in [5.74, 6) is 0.161. The first-order chi connectivity index (χ1) is 4.33. The lowest BCUT2D eigenvalue weighted by Gasteiger charge is -1.87. The molecule has 2 nitrogen and oxygen atoms in total. The maximum atomic E-state index is 9.91. The van der Waals surface area contributed by atoms with Gasteiger partial charge in [-0.2, -0.15) is 0 Å². The van der Waals surface area contributed by atoms with Crippen LogP contribution >= 0.6 is 0 Å². The molecule has 9 heavy (non-hydrogen) atoms. The first kappa shape index (κ1) is 5.82. The zero-order valence-corrected chi connectivity index (χ0v) is 4.66. The summed E-state index contributed by atoms with van der Waals surface area (Å²) >= 11 is 0. The van der Waals surface area contributed by atoms with Gasteiger partial charge in [0.05, 0.1) is 0 Å². The summed E-state index contributed by atoms with van der Waals surface area (Å²) in [4.78, 5) is 9.91. The Labute approximate surface area is 52.8 Å². The molecule has 0 saturated heterocycles. The molecule has 0 heterocycles. The molecule has 0 spiro atoms. The van der Waals surface area contributed by atoms with Gasteiger partial charge in [0.25, 0.3) is 0 Å². The minimum Gasteiger partial charge on any atom is -0.508 e. The quantitative estimate of drug-likeness (QED) is 0.598. The number of aromatic hydroxyl groups is 1. The molecule has 45 valence electrons. The molecule has 1 aromatic rings. The number of phenolic OH excluding ortho intramolecular Hbond substituents is 1. The summed E-state index contributed by atoms with van der Waals surface area (Å²) in [6.07, 6.45) is 1.69. The molecule has 2 heteroatoms. The Morgan fingerprint density at radius 2 is 1.78 bits per heavy atom. The minimum absolute atomic E-state index is 0.161. The Kier molecular flexibility index (Phi) is 1.49. The number of carbonyl (C=O) groups excluding carboxylic acids is 1. The molecular weight excluding hydrogens is 116 g/mol. The monoisotopic (exact) mass is 121 g/mol. The zero-order chi connectivity index (χ0) is 6.69. The fourth-order valence-corrected chi connectivity index (χ4v) is 0.529. The second-order valence-corrected chi connectivity index (χ2v) is 1.65. The lowest BCUT2D eigenvalue weighted by molar-refractivity contribution is 0.475. The maximum absolute atomic E-state index is 9.91. The average molecular weight is 121 g/mol. The highest BCUT2D eigenvalue weighted by molar-refractivity contribution is 5.75. The van der Waals surface area contributed by atoms with E-state index >= 15 is 0 Å². The van der Waals surface area contributed by atoms with Crippen LogP contribution in [0.1, 0.15) is 5.56 Å². The van der Waals surface area contributed by atoms with E-state index < -0.39 is 0 Å². The van der Waals surface area contributed by atoms with Gasteiger partial charge in [-0.05, 0) is 24.3 Å². The van der Waals surface area contributed by atoms with Crippen LogP contribution in [0.3, 0.4) is 0 Å². The van der Waals surface area contributed by atoms with Gasteiger partial charge in [-0.1, -0.05) is 0 Å². The molecule has 0 aliphatic rings. The summed E-state index contributed by atoms with van der Waals surface area (Å²) in [6, 6.07) is 5.89. The largest absolute Gasteiger partial charge is 0.508 e. The van der Waals surface area contributed by atoms with E-state index in [0.29, 0.717) is 5.56 Å². The molecule has 1 aromatic carbocycles. The number of rotatable bonds is 1. The topological polar surface area (TPSA) is 37.3 Å². The van der Waals surface area contributed by atoms with Gasteiger partial charge in [0.15, 0.2) is 0 Å². The van der Waals surface area contributed by atoms with Gasteiger partial charge in [0.1, 0.15) is 5.75 Å². The third kappa shape index (κ3) is 1.29. The van der Waals surface area contributed by atoms with Crippen LogP contribution < -0.4 is 0 Å². The minimum atomic E-state index is 0.161. The summed E-state index contributed by atoms with van der Waals surface area (Å²) in [5.41, 5.74) is 0.452. The van der Waals surface area contributed by atoms with Gasteiger partial charge in [-0.25, -0.2) is 0 Å². The van der Waals surface area contributed by atoms with Crippen LogP contribution in [0.25, 0.3) is 0 Å². The van der Waals surface area contributed by atoms with E-state index in [1.54, 1.807) is 6.29 Å². The van der Waals surface area contributed by atoms with Crippen molar-refractivity contribution in [2.45, 2.75) is 0 Å². The van der Waals surface area contributed by atoms with Crippen LogP contribution in [-0.4, -0.2) is 11.4 Å². The summed E-state index contributed by atoms with van der Waals surface area (Å²) in [5, 5.41) is 8.72. The fraction of sp³-hybridized carbons (Fsp3) is 0. The Hall–Kier alpha value is -1.31. The van der Waals surface area contributed by atoms with E-state index in [2.05, 4.69) is 0 Å². The van der Waals surface area contributed by atoms with Gasteiger partial charge in [0, 0.05) is 5.56 Å². The van der Waals surface area contributed by atoms with Crippen molar-refractivity contribution in [2.75, 3.05) is 0 Å². The maximum Gasteiger partial charge on any atom is 0.233 e. The summed E-state index contributed by atoms with van der Waals surface area (Å²) < 4.78 is 0. The zero-order valence-electron chi connectivity index (χ0n) is 4.66. The van der Waals surface area contributed by atoms with Crippen molar-refractivity contribution in [3.8, 4) is 5.75 Å². The van der Waals surface area contributed by atoms with Crippen LogP contribution in [-0.2, 0) is 4.79 Å².